The SMILES string of the molecule is [N-]=[N+](C1CCCCCCCC1)C1CCCCCCCC1. The highest BCUT2D eigenvalue weighted by Gasteiger charge is 2.24. The number of hydrogen-bond donors (Lipinski definition) is 0. The minimum Gasteiger partial charge on any atom is -0.506 e. The van der Waals surface area contributed by atoms with Crippen LogP contribution in [-0.4, -0.2) is 16.8 Å². The fourth-order valence-corrected chi connectivity index (χ4v) is 4.05. The van der Waals surface area contributed by atoms with Crippen LogP contribution >= 0.6 is 0 Å². The minimum absolute atomic E-state index is 0.443. The number of rotatable bonds is 2. The summed E-state index contributed by atoms with van der Waals surface area (Å²) in [5.41, 5.74) is 10.7. The molecule has 0 N–H and O–H groups in total. The third-order valence-electron chi connectivity index (χ3n) is 5.40. The predicted molar refractivity (Wildman–Crippen MR) is 85.1 cm³/mol. The Kier molecular flexibility index (Phi) is 7.61. The Morgan fingerprint density at radius 3 is 1.00 bits per heavy atom. The van der Waals surface area contributed by atoms with Crippen molar-refractivity contribution >= 4 is 0 Å². The molecule has 0 aromatic rings. The van der Waals surface area contributed by atoms with Crippen LogP contribution in [0.3, 0.4) is 0 Å². The summed E-state index contributed by atoms with van der Waals surface area (Å²) in [7, 11) is 0. The summed E-state index contributed by atoms with van der Waals surface area (Å²) in [6.45, 7) is 0. The molecule has 2 fully saturated rings. The summed E-state index contributed by atoms with van der Waals surface area (Å²) in [6, 6.07) is 0.887. The van der Waals surface area contributed by atoms with Gasteiger partial charge < -0.3 is 10.2 Å². The first-order valence-electron chi connectivity index (χ1n) is 9.35. The van der Waals surface area contributed by atoms with E-state index in [1.54, 1.807) is 0 Å². The summed E-state index contributed by atoms with van der Waals surface area (Å²) in [4.78, 5) is 0. The maximum absolute atomic E-state index is 10.7. The molecule has 2 saturated carbocycles. The van der Waals surface area contributed by atoms with Gasteiger partial charge in [-0.1, -0.05) is 51.4 Å². The topological polar surface area (TPSA) is 25.3 Å². The fourth-order valence-electron chi connectivity index (χ4n) is 4.05. The van der Waals surface area contributed by atoms with Gasteiger partial charge in [0, 0.05) is 25.7 Å². The summed E-state index contributed by atoms with van der Waals surface area (Å²) in [5, 5.41) is 0. The highest BCUT2D eigenvalue weighted by molar-refractivity contribution is 4.66. The van der Waals surface area contributed by atoms with E-state index < -0.39 is 0 Å². The van der Waals surface area contributed by atoms with Crippen molar-refractivity contribution in [2.75, 3.05) is 0 Å². The van der Waals surface area contributed by atoms with E-state index in [9.17, 15) is 5.53 Å². The Labute approximate surface area is 125 Å². The first kappa shape index (κ1) is 16.0. The Hall–Kier alpha value is -0.400. The van der Waals surface area contributed by atoms with E-state index in [1.807, 2.05) is 4.70 Å². The first-order chi connectivity index (χ1) is 9.88. The van der Waals surface area contributed by atoms with Crippen LogP contribution in [0.5, 0.6) is 0 Å². The van der Waals surface area contributed by atoms with Gasteiger partial charge in [0.15, 0.2) is 0 Å². The zero-order chi connectivity index (χ0) is 14.0. The van der Waals surface area contributed by atoms with E-state index in [0.717, 1.165) is 0 Å². The second-order valence-electron chi connectivity index (χ2n) is 7.08. The van der Waals surface area contributed by atoms with Gasteiger partial charge in [-0.15, -0.1) is 0 Å². The second kappa shape index (κ2) is 9.52. The molecule has 20 heavy (non-hydrogen) atoms. The molecule has 0 saturated heterocycles. The largest absolute Gasteiger partial charge is 0.506 e. The molecule has 0 unspecified atom stereocenters. The van der Waals surface area contributed by atoms with Crippen molar-refractivity contribution in [3.05, 3.63) is 5.53 Å². The number of hydrogen-bond acceptors (Lipinski definition) is 0. The molecule has 2 aliphatic rings. The monoisotopic (exact) mass is 278 g/mol. The molecule has 0 radical (unpaired) electrons. The molecular weight excluding hydrogens is 244 g/mol. The molecule has 0 heterocycles. The van der Waals surface area contributed by atoms with Gasteiger partial charge in [-0.3, -0.25) is 0 Å². The normalized spacial score (nSPS) is 25.6. The fraction of sp³-hybridized carbons (Fsp3) is 1.00. The molecule has 0 amide bonds. The third-order valence-corrected chi connectivity index (χ3v) is 5.40. The Morgan fingerprint density at radius 1 is 0.450 bits per heavy atom. The maximum atomic E-state index is 10.7. The smallest absolute Gasteiger partial charge is 0.141 e. The van der Waals surface area contributed by atoms with Gasteiger partial charge in [-0.25, -0.2) is 0 Å². The van der Waals surface area contributed by atoms with Crippen LogP contribution in [-0.2, 0) is 0 Å². The van der Waals surface area contributed by atoms with E-state index in [4.69, 9.17) is 0 Å². The van der Waals surface area contributed by atoms with Crippen LogP contribution in [0.2, 0.25) is 0 Å². The van der Waals surface area contributed by atoms with Gasteiger partial charge in [0.05, 0.1) is 0 Å². The van der Waals surface area contributed by atoms with Crippen molar-refractivity contribution in [1.82, 2.24) is 0 Å². The van der Waals surface area contributed by atoms with Crippen LogP contribution < -0.4 is 0 Å². The average Bonchev–Trinajstić information content (AvgIpc) is 2.69. The lowest BCUT2D eigenvalue weighted by atomic mass is 9.99. The van der Waals surface area contributed by atoms with Crippen LogP contribution in [0, 0.1) is 0 Å². The molecule has 2 heteroatoms. The quantitative estimate of drug-likeness (QED) is 0.435. The Bertz CT molecular complexity index is 229. The maximum Gasteiger partial charge on any atom is 0.141 e. The molecule has 0 atom stereocenters. The van der Waals surface area contributed by atoms with E-state index in [-0.39, 0.29) is 0 Å². The van der Waals surface area contributed by atoms with Crippen LogP contribution in [0.25, 0.3) is 5.53 Å². The first-order valence-corrected chi connectivity index (χ1v) is 9.35. The van der Waals surface area contributed by atoms with Gasteiger partial charge in [0.1, 0.15) is 12.1 Å². The van der Waals surface area contributed by atoms with Gasteiger partial charge >= 0.3 is 0 Å². The highest BCUT2D eigenvalue weighted by Crippen LogP contribution is 2.25. The van der Waals surface area contributed by atoms with Gasteiger partial charge in [0.25, 0.3) is 0 Å². The summed E-state index contributed by atoms with van der Waals surface area (Å²) in [6.07, 6.45) is 21.2. The summed E-state index contributed by atoms with van der Waals surface area (Å²) < 4.78 is 1.82. The third kappa shape index (κ3) is 5.54. The van der Waals surface area contributed by atoms with Crippen LogP contribution in [0.15, 0.2) is 0 Å². The van der Waals surface area contributed by atoms with Gasteiger partial charge in [-0.2, -0.15) is 0 Å². The van der Waals surface area contributed by atoms with Crippen molar-refractivity contribution in [1.29, 1.82) is 0 Å². The molecule has 0 aromatic heterocycles. The van der Waals surface area contributed by atoms with Crippen LogP contribution in [0.4, 0.5) is 0 Å². The van der Waals surface area contributed by atoms with E-state index in [1.165, 1.54) is 103 Å². The van der Waals surface area contributed by atoms with Crippen LogP contribution in [0.1, 0.15) is 103 Å². The van der Waals surface area contributed by atoms with Crippen molar-refractivity contribution in [3.63, 3.8) is 0 Å². The van der Waals surface area contributed by atoms with Gasteiger partial charge in [0.2, 0.25) is 0 Å². The number of nitrogens with zero attached hydrogens (tertiary/aromatic N) is 2. The van der Waals surface area contributed by atoms with E-state index >= 15 is 0 Å². The zero-order valence-corrected chi connectivity index (χ0v) is 13.4. The molecule has 2 rings (SSSR count). The van der Waals surface area contributed by atoms with Crippen molar-refractivity contribution in [2.45, 2.75) is 115 Å². The standard InChI is InChI=1S/C18H34N2/c19-20(17-13-9-5-1-2-6-10-14-17)18-15-11-7-3-4-8-12-16-18/h17-18H,1-16H2. The molecular formula is C18H34N2. The highest BCUT2D eigenvalue weighted by atomic mass is 15.2. The molecule has 2 aliphatic carbocycles. The lowest BCUT2D eigenvalue weighted by Crippen LogP contribution is -2.33. The average molecular weight is 278 g/mol. The van der Waals surface area contributed by atoms with E-state index in [2.05, 4.69) is 0 Å². The Morgan fingerprint density at radius 2 is 0.700 bits per heavy atom. The lowest BCUT2D eigenvalue weighted by molar-refractivity contribution is -0.624. The van der Waals surface area contributed by atoms with Crippen molar-refractivity contribution < 1.29 is 4.70 Å². The summed E-state index contributed by atoms with van der Waals surface area (Å²) >= 11 is 0. The molecule has 0 spiro atoms. The molecule has 116 valence electrons. The Balaban J connectivity index is 1.87. The zero-order valence-electron chi connectivity index (χ0n) is 13.4. The summed E-state index contributed by atoms with van der Waals surface area (Å²) in [5.74, 6) is 0. The molecule has 2 nitrogen and oxygen atoms in total. The molecule has 0 bridgehead atoms. The molecule has 0 aromatic carbocycles. The van der Waals surface area contributed by atoms with Crippen molar-refractivity contribution in [2.24, 2.45) is 0 Å². The second-order valence-corrected chi connectivity index (χ2v) is 7.08. The molecule has 0 aliphatic heterocycles. The minimum atomic E-state index is 0.443. The van der Waals surface area contributed by atoms with E-state index in [0.29, 0.717) is 12.1 Å². The van der Waals surface area contributed by atoms with Crippen molar-refractivity contribution in [3.8, 4) is 0 Å². The lowest BCUT2D eigenvalue weighted by Gasteiger charge is -2.26. The predicted octanol–water partition coefficient (Wildman–Crippen LogP) is 6.03. The van der Waals surface area contributed by atoms with Gasteiger partial charge in [-0.05, 0) is 25.7 Å².